The van der Waals surface area contributed by atoms with Crippen molar-refractivity contribution in [2.24, 2.45) is 5.92 Å². The van der Waals surface area contributed by atoms with Crippen molar-refractivity contribution in [3.05, 3.63) is 114 Å². The summed E-state index contributed by atoms with van der Waals surface area (Å²) in [5.41, 5.74) is 10.5. The molecular formula is C39H49N3OS. The third-order valence-electron chi connectivity index (χ3n) is 7.79. The number of nitrogens with one attached hydrogen (secondary N) is 1. The topological polar surface area (TPSA) is 27.7 Å². The maximum atomic E-state index is 5.77. The minimum atomic E-state index is 0.592. The summed E-state index contributed by atoms with van der Waals surface area (Å²) in [5.74, 6) is 1.45. The van der Waals surface area contributed by atoms with E-state index in [1.54, 1.807) is 0 Å². The van der Waals surface area contributed by atoms with Gasteiger partial charge < -0.3 is 10.2 Å². The van der Waals surface area contributed by atoms with Crippen LogP contribution in [0.2, 0.25) is 0 Å². The predicted octanol–water partition coefficient (Wildman–Crippen LogP) is 10.5. The van der Waals surface area contributed by atoms with Crippen molar-refractivity contribution in [3.8, 4) is 11.1 Å². The van der Waals surface area contributed by atoms with Crippen LogP contribution in [0.25, 0.3) is 23.3 Å². The van der Waals surface area contributed by atoms with Gasteiger partial charge in [-0.25, -0.2) is 0 Å². The fraction of sp³-hybridized carbons (Fsp3) is 0.333. The van der Waals surface area contributed by atoms with Gasteiger partial charge in [-0.15, -0.1) is 11.8 Å². The average Bonchev–Trinajstić information content (AvgIpc) is 3.02. The van der Waals surface area contributed by atoms with Gasteiger partial charge in [-0.2, -0.15) is 0 Å². The van der Waals surface area contributed by atoms with Crippen molar-refractivity contribution in [1.29, 1.82) is 0 Å². The minimum absolute atomic E-state index is 0.592. The number of benzene rings is 3. The molecule has 3 aromatic rings. The Morgan fingerprint density at radius 1 is 1.07 bits per heavy atom. The Morgan fingerprint density at radius 3 is 2.45 bits per heavy atom. The first-order valence-electron chi connectivity index (χ1n) is 15.8. The second kappa shape index (κ2) is 16.4. The maximum absolute atomic E-state index is 5.77. The summed E-state index contributed by atoms with van der Waals surface area (Å²) >= 11 is 1.81. The van der Waals surface area contributed by atoms with Gasteiger partial charge in [0, 0.05) is 53.6 Å². The smallest absolute Gasteiger partial charge is 0.0745 e. The van der Waals surface area contributed by atoms with Gasteiger partial charge >= 0.3 is 0 Å². The summed E-state index contributed by atoms with van der Waals surface area (Å²) in [6, 6.07) is 24.1. The van der Waals surface area contributed by atoms with E-state index >= 15 is 0 Å². The lowest BCUT2D eigenvalue weighted by Crippen LogP contribution is -2.30. The molecule has 0 radical (unpaired) electrons. The second-order valence-electron chi connectivity index (χ2n) is 11.7. The molecule has 232 valence electrons. The number of thioether (sulfide) groups is 1. The molecule has 1 aliphatic rings. The summed E-state index contributed by atoms with van der Waals surface area (Å²) in [6.45, 7) is 20.0. The standard InChI is InChI=1S/C39H49N3OS/c1-8-24-43-41(7)37(10-3)28-44-38-20-18-36(19-21-38)40-30(6)33-12-11-23-42(27-29(4)5)39-22-17-34(26-35(39)25-33)32-15-13-31(9-2)14-16-32/h9-10,13-22,25-26,29,40H,2,6,8,11-12,23-24,27-28H2,1,3-5,7H3/b33-25+,37-10-. The minimum Gasteiger partial charge on any atom is -0.371 e. The number of hydrogen-bond donors (Lipinski definition) is 1. The molecule has 1 N–H and O–H groups in total. The molecule has 4 nitrogen and oxygen atoms in total. The third-order valence-corrected chi connectivity index (χ3v) is 8.83. The number of fused-ring (bicyclic) bond motifs is 1. The van der Waals surface area contributed by atoms with E-state index in [1.807, 2.05) is 29.9 Å². The highest BCUT2D eigenvalue weighted by atomic mass is 32.2. The Labute approximate surface area is 270 Å². The molecule has 5 heteroatoms. The molecular weight excluding hydrogens is 559 g/mol. The Balaban J connectivity index is 1.51. The van der Waals surface area contributed by atoms with Crippen LogP contribution in [0.5, 0.6) is 0 Å². The molecule has 0 saturated carbocycles. The SMILES string of the molecule is C=Cc1ccc(-c2ccc3c(c2)/C=C(/C(=C)Nc2ccc(SC/C(=C/C)N(C)OCCC)cc2)CCCN3CC(C)C)cc1. The van der Waals surface area contributed by atoms with Gasteiger partial charge in [0.15, 0.2) is 0 Å². The summed E-state index contributed by atoms with van der Waals surface area (Å²) in [5, 5.41) is 5.49. The first-order valence-corrected chi connectivity index (χ1v) is 16.8. The van der Waals surface area contributed by atoms with Crippen LogP contribution in [0.15, 0.2) is 108 Å². The van der Waals surface area contributed by atoms with E-state index in [-0.39, 0.29) is 0 Å². The van der Waals surface area contributed by atoms with Gasteiger partial charge in [0.2, 0.25) is 0 Å². The Morgan fingerprint density at radius 2 is 1.80 bits per heavy atom. The molecule has 0 bridgehead atoms. The van der Waals surface area contributed by atoms with E-state index in [2.05, 4.69) is 130 Å². The zero-order valence-electron chi connectivity index (χ0n) is 27.2. The van der Waals surface area contributed by atoms with Gasteiger partial charge in [0.05, 0.1) is 6.61 Å². The molecule has 0 unspecified atom stereocenters. The first-order chi connectivity index (χ1) is 21.3. The number of anilines is 2. The molecule has 0 spiro atoms. The summed E-state index contributed by atoms with van der Waals surface area (Å²) in [4.78, 5) is 9.55. The van der Waals surface area contributed by atoms with Crippen LogP contribution in [-0.4, -0.2) is 37.6 Å². The van der Waals surface area contributed by atoms with Gasteiger partial charge in [-0.1, -0.05) is 76.4 Å². The molecule has 0 atom stereocenters. The molecule has 0 saturated heterocycles. The van der Waals surface area contributed by atoms with Crippen molar-refractivity contribution >= 4 is 35.3 Å². The molecule has 4 rings (SSSR count). The fourth-order valence-corrected chi connectivity index (χ4v) is 6.36. The van der Waals surface area contributed by atoms with Crippen LogP contribution in [0, 0.1) is 5.92 Å². The van der Waals surface area contributed by atoms with Crippen molar-refractivity contribution in [2.45, 2.75) is 51.9 Å². The van der Waals surface area contributed by atoms with Crippen molar-refractivity contribution in [3.63, 3.8) is 0 Å². The van der Waals surface area contributed by atoms with Crippen molar-refractivity contribution in [2.75, 3.05) is 42.7 Å². The van der Waals surface area contributed by atoms with E-state index in [0.29, 0.717) is 5.92 Å². The summed E-state index contributed by atoms with van der Waals surface area (Å²) in [7, 11) is 1.98. The van der Waals surface area contributed by atoms with Gasteiger partial charge in [-0.3, -0.25) is 9.90 Å². The number of hydrogen-bond acceptors (Lipinski definition) is 5. The number of allylic oxidation sites excluding steroid dienone is 2. The number of nitrogens with zero attached hydrogens (tertiary/aromatic N) is 2. The second-order valence-corrected chi connectivity index (χ2v) is 12.8. The van der Waals surface area contributed by atoms with E-state index in [1.165, 1.54) is 38.5 Å². The number of rotatable bonds is 14. The van der Waals surface area contributed by atoms with Crippen molar-refractivity contribution in [1.82, 2.24) is 5.06 Å². The molecule has 0 aliphatic carbocycles. The zero-order chi connectivity index (χ0) is 31.5. The van der Waals surface area contributed by atoms with Crippen LogP contribution in [0.1, 0.15) is 58.1 Å². The van der Waals surface area contributed by atoms with Gasteiger partial charge in [0.25, 0.3) is 0 Å². The Hall–Kier alpha value is -3.67. The van der Waals surface area contributed by atoms with E-state index in [4.69, 9.17) is 4.84 Å². The molecule has 1 heterocycles. The largest absolute Gasteiger partial charge is 0.371 e. The third kappa shape index (κ3) is 9.17. The van der Waals surface area contributed by atoms with Gasteiger partial charge in [0.1, 0.15) is 0 Å². The van der Waals surface area contributed by atoms with Crippen LogP contribution < -0.4 is 10.2 Å². The molecule has 0 aromatic heterocycles. The van der Waals surface area contributed by atoms with E-state index in [9.17, 15) is 0 Å². The van der Waals surface area contributed by atoms with Crippen LogP contribution in [-0.2, 0) is 4.84 Å². The fourth-order valence-electron chi connectivity index (χ4n) is 5.37. The first kappa shape index (κ1) is 33.2. The predicted molar refractivity (Wildman–Crippen MR) is 194 cm³/mol. The molecule has 0 amide bonds. The average molecular weight is 608 g/mol. The lowest BCUT2D eigenvalue weighted by molar-refractivity contribution is -0.110. The lowest BCUT2D eigenvalue weighted by atomic mass is 9.95. The molecule has 44 heavy (non-hydrogen) atoms. The Bertz CT molecular complexity index is 1450. The summed E-state index contributed by atoms with van der Waals surface area (Å²) in [6.07, 6.45) is 9.41. The molecule has 1 aliphatic heterocycles. The Kier molecular flexibility index (Phi) is 12.4. The van der Waals surface area contributed by atoms with Crippen molar-refractivity contribution < 1.29 is 4.84 Å². The van der Waals surface area contributed by atoms with Crippen LogP contribution >= 0.6 is 11.8 Å². The van der Waals surface area contributed by atoms with Gasteiger partial charge in [-0.05, 0) is 102 Å². The van der Waals surface area contributed by atoms with Crippen LogP contribution in [0.4, 0.5) is 11.4 Å². The zero-order valence-corrected chi connectivity index (χ0v) is 28.1. The number of hydroxylamine groups is 2. The summed E-state index contributed by atoms with van der Waals surface area (Å²) < 4.78 is 0. The maximum Gasteiger partial charge on any atom is 0.0745 e. The normalized spacial score (nSPS) is 14.7. The van der Waals surface area contributed by atoms with E-state index in [0.717, 1.165) is 61.7 Å². The lowest BCUT2D eigenvalue weighted by Gasteiger charge is -2.31. The quantitative estimate of drug-likeness (QED) is 0.145. The monoisotopic (exact) mass is 607 g/mol. The van der Waals surface area contributed by atoms with Crippen LogP contribution in [0.3, 0.4) is 0 Å². The highest BCUT2D eigenvalue weighted by Gasteiger charge is 2.18. The molecule has 0 fully saturated rings. The highest BCUT2D eigenvalue weighted by molar-refractivity contribution is 7.99. The highest BCUT2D eigenvalue weighted by Crippen LogP contribution is 2.34. The molecule has 3 aromatic carbocycles. The van der Waals surface area contributed by atoms with E-state index < -0.39 is 0 Å².